The third kappa shape index (κ3) is 3.12. The Morgan fingerprint density at radius 1 is 1.30 bits per heavy atom. The number of halogens is 1. The fourth-order valence-corrected chi connectivity index (χ4v) is 2.75. The molecule has 7 heteroatoms. The first-order chi connectivity index (χ1) is 9.42. The lowest BCUT2D eigenvalue weighted by Gasteiger charge is -2.09. The summed E-state index contributed by atoms with van der Waals surface area (Å²) in [6.45, 7) is 1.22. The van der Waals surface area contributed by atoms with Gasteiger partial charge in [0.1, 0.15) is 5.82 Å². The lowest BCUT2D eigenvalue weighted by Crippen LogP contribution is -2.13. The average Bonchev–Trinajstić information content (AvgIpc) is 2.38. The molecule has 0 saturated heterocycles. The molecule has 0 unspecified atom stereocenters. The minimum absolute atomic E-state index is 0.0738. The highest BCUT2D eigenvalue weighted by Crippen LogP contribution is 2.19. The van der Waals surface area contributed by atoms with Crippen molar-refractivity contribution in [1.29, 1.82) is 0 Å². The minimum Gasteiger partial charge on any atom is -0.392 e. The number of sulfonamides is 1. The molecule has 2 rings (SSSR count). The summed E-state index contributed by atoms with van der Waals surface area (Å²) in [6.07, 6.45) is 2.97. The van der Waals surface area contributed by atoms with Gasteiger partial charge in [-0.2, -0.15) is 0 Å². The van der Waals surface area contributed by atoms with Crippen LogP contribution in [0.2, 0.25) is 0 Å². The Kier molecular flexibility index (Phi) is 4.01. The Balaban J connectivity index is 2.35. The van der Waals surface area contributed by atoms with Crippen molar-refractivity contribution in [3.05, 3.63) is 53.6 Å². The number of nitrogens with one attached hydrogen (secondary N) is 1. The van der Waals surface area contributed by atoms with Crippen molar-refractivity contribution in [2.75, 3.05) is 4.72 Å². The second-order valence-electron chi connectivity index (χ2n) is 4.27. The fourth-order valence-electron chi connectivity index (χ4n) is 1.66. The molecule has 0 atom stereocenters. The molecule has 2 aromatic rings. The molecule has 0 spiro atoms. The van der Waals surface area contributed by atoms with E-state index in [9.17, 15) is 12.8 Å². The number of aliphatic hydroxyl groups is 1. The maximum atomic E-state index is 13.3. The van der Waals surface area contributed by atoms with Crippen LogP contribution in [0.5, 0.6) is 0 Å². The smallest absolute Gasteiger partial charge is 0.261 e. The number of pyridine rings is 1. The molecule has 5 nitrogen and oxygen atoms in total. The molecule has 1 aromatic heterocycles. The van der Waals surface area contributed by atoms with Crippen LogP contribution < -0.4 is 4.72 Å². The Bertz CT molecular complexity index is 732. The zero-order valence-corrected chi connectivity index (χ0v) is 11.5. The summed E-state index contributed by atoms with van der Waals surface area (Å²) < 4.78 is 39.9. The predicted molar refractivity (Wildman–Crippen MR) is 72.1 cm³/mol. The van der Waals surface area contributed by atoms with Gasteiger partial charge < -0.3 is 5.11 Å². The molecule has 0 aliphatic heterocycles. The number of aryl methyl sites for hydroxylation is 1. The Morgan fingerprint density at radius 2 is 2.05 bits per heavy atom. The number of benzene rings is 1. The quantitative estimate of drug-likeness (QED) is 0.902. The van der Waals surface area contributed by atoms with Crippen LogP contribution in [-0.2, 0) is 16.6 Å². The van der Waals surface area contributed by atoms with E-state index in [1.54, 1.807) is 19.2 Å². The average molecular weight is 296 g/mol. The topological polar surface area (TPSA) is 79.3 Å². The summed E-state index contributed by atoms with van der Waals surface area (Å²) in [6, 6.07) is 4.87. The van der Waals surface area contributed by atoms with Gasteiger partial charge in [0.25, 0.3) is 10.0 Å². The molecule has 0 aliphatic carbocycles. The van der Waals surface area contributed by atoms with Gasteiger partial charge in [-0.15, -0.1) is 0 Å². The van der Waals surface area contributed by atoms with Gasteiger partial charge >= 0.3 is 0 Å². The molecular weight excluding hydrogens is 283 g/mol. The van der Waals surface area contributed by atoms with Gasteiger partial charge in [0.15, 0.2) is 0 Å². The van der Waals surface area contributed by atoms with Crippen LogP contribution in [0.15, 0.2) is 41.6 Å². The van der Waals surface area contributed by atoms with E-state index in [1.165, 1.54) is 6.20 Å². The second kappa shape index (κ2) is 5.56. The van der Waals surface area contributed by atoms with Crippen LogP contribution >= 0.6 is 0 Å². The van der Waals surface area contributed by atoms with Crippen molar-refractivity contribution in [2.24, 2.45) is 0 Å². The van der Waals surface area contributed by atoms with Crippen molar-refractivity contribution in [2.45, 2.75) is 18.4 Å². The first kappa shape index (κ1) is 14.4. The monoisotopic (exact) mass is 296 g/mol. The van der Waals surface area contributed by atoms with Gasteiger partial charge in [0, 0.05) is 11.8 Å². The maximum Gasteiger partial charge on any atom is 0.261 e. The maximum absolute atomic E-state index is 13.3. The number of hydrogen-bond acceptors (Lipinski definition) is 4. The minimum atomic E-state index is -3.85. The Labute approximate surface area is 116 Å². The summed E-state index contributed by atoms with van der Waals surface area (Å²) in [7, 11) is -3.85. The number of hydrogen-bond donors (Lipinski definition) is 2. The number of nitrogens with zero attached hydrogens (tertiary/aromatic N) is 1. The third-order valence-electron chi connectivity index (χ3n) is 2.63. The highest BCUT2D eigenvalue weighted by Gasteiger charge is 2.16. The number of anilines is 1. The van der Waals surface area contributed by atoms with Crippen molar-refractivity contribution in [3.8, 4) is 0 Å². The molecule has 0 radical (unpaired) electrons. The molecule has 106 valence electrons. The molecule has 0 saturated carbocycles. The van der Waals surface area contributed by atoms with Crippen molar-refractivity contribution >= 4 is 15.7 Å². The zero-order chi connectivity index (χ0) is 14.8. The van der Waals surface area contributed by atoms with Crippen LogP contribution in [0.4, 0.5) is 10.1 Å². The van der Waals surface area contributed by atoms with E-state index < -0.39 is 22.4 Å². The normalized spacial score (nSPS) is 11.3. The largest absolute Gasteiger partial charge is 0.392 e. The third-order valence-corrected chi connectivity index (χ3v) is 4.00. The van der Waals surface area contributed by atoms with Gasteiger partial charge in [-0.3, -0.25) is 9.71 Å². The van der Waals surface area contributed by atoms with E-state index >= 15 is 0 Å². The second-order valence-corrected chi connectivity index (χ2v) is 5.95. The predicted octanol–water partition coefficient (Wildman–Crippen LogP) is 1.82. The number of rotatable bonds is 4. The van der Waals surface area contributed by atoms with Crippen LogP contribution in [0.1, 0.15) is 11.1 Å². The Morgan fingerprint density at radius 3 is 2.70 bits per heavy atom. The summed E-state index contributed by atoms with van der Waals surface area (Å²) in [5.74, 6) is -0.649. The van der Waals surface area contributed by atoms with E-state index in [4.69, 9.17) is 5.11 Å². The highest BCUT2D eigenvalue weighted by molar-refractivity contribution is 7.92. The lowest BCUT2D eigenvalue weighted by atomic mass is 10.2. The van der Waals surface area contributed by atoms with Crippen molar-refractivity contribution < 1.29 is 17.9 Å². The Hall–Kier alpha value is -1.99. The van der Waals surface area contributed by atoms with Gasteiger partial charge in [-0.1, -0.05) is 0 Å². The van der Waals surface area contributed by atoms with Crippen LogP contribution in [0.3, 0.4) is 0 Å². The van der Waals surface area contributed by atoms with Crippen LogP contribution in [-0.4, -0.2) is 18.5 Å². The molecule has 0 aliphatic rings. The number of aromatic nitrogens is 1. The first-order valence-corrected chi connectivity index (χ1v) is 7.24. The van der Waals surface area contributed by atoms with E-state index in [-0.39, 0.29) is 10.5 Å². The summed E-state index contributed by atoms with van der Waals surface area (Å²) in [4.78, 5) is 3.76. The molecule has 0 amide bonds. The molecule has 1 aromatic carbocycles. The summed E-state index contributed by atoms with van der Waals surface area (Å²) in [5.41, 5.74) is 1.05. The van der Waals surface area contributed by atoms with Crippen LogP contribution in [0.25, 0.3) is 0 Å². The first-order valence-electron chi connectivity index (χ1n) is 5.76. The molecule has 0 bridgehead atoms. The van der Waals surface area contributed by atoms with Gasteiger partial charge in [0.2, 0.25) is 0 Å². The van der Waals surface area contributed by atoms with E-state index in [1.807, 2.05) is 0 Å². The van der Waals surface area contributed by atoms with Gasteiger partial charge in [-0.05, 0) is 36.8 Å². The van der Waals surface area contributed by atoms with E-state index in [0.29, 0.717) is 5.69 Å². The standard InChI is InChI=1S/C13H13FN2O3S/c1-9-4-11(7-15-6-9)16-20(18,19)12-2-3-13(14)10(5-12)8-17/h2-7,16-17H,8H2,1H3. The zero-order valence-electron chi connectivity index (χ0n) is 10.7. The molecular formula is C13H13FN2O3S. The van der Waals surface area contributed by atoms with Crippen molar-refractivity contribution in [3.63, 3.8) is 0 Å². The summed E-state index contributed by atoms with van der Waals surface area (Å²) >= 11 is 0. The molecule has 2 N–H and O–H groups in total. The SMILES string of the molecule is Cc1cncc(NS(=O)(=O)c2ccc(F)c(CO)c2)c1. The highest BCUT2D eigenvalue weighted by atomic mass is 32.2. The van der Waals surface area contributed by atoms with Gasteiger partial charge in [0.05, 0.1) is 23.4 Å². The summed E-state index contributed by atoms with van der Waals surface area (Å²) in [5, 5.41) is 8.97. The van der Waals surface area contributed by atoms with Crippen LogP contribution in [0, 0.1) is 12.7 Å². The number of aliphatic hydroxyl groups excluding tert-OH is 1. The van der Waals surface area contributed by atoms with Crippen molar-refractivity contribution in [1.82, 2.24) is 4.98 Å². The van der Waals surface area contributed by atoms with E-state index in [0.717, 1.165) is 23.8 Å². The molecule has 20 heavy (non-hydrogen) atoms. The fraction of sp³-hybridized carbons (Fsp3) is 0.154. The van der Waals surface area contributed by atoms with Gasteiger partial charge in [-0.25, -0.2) is 12.8 Å². The van der Waals surface area contributed by atoms with E-state index in [2.05, 4.69) is 9.71 Å². The lowest BCUT2D eigenvalue weighted by molar-refractivity contribution is 0.275. The molecule has 1 heterocycles. The molecule has 0 fully saturated rings.